The van der Waals surface area contributed by atoms with Crippen molar-refractivity contribution in [2.24, 2.45) is 4.99 Å². The van der Waals surface area contributed by atoms with E-state index < -0.39 is 5.60 Å². The van der Waals surface area contributed by atoms with Crippen molar-refractivity contribution in [1.29, 1.82) is 0 Å². The number of hydrogen-bond donors (Lipinski definition) is 3. The fourth-order valence-electron chi connectivity index (χ4n) is 3.01. The van der Waals surface area contributed by atoms with Gasteiger partial charge in [0, 0.05) is 38.3 Å². The van der Waals surface area contributed by atoms with Gasteiger partial charge in [-0.05, 0) is 26.8 Å². The number of morpholine rings is 1. The fourth-order valence-corrected chi connectivity index (χ4v) is 3.01. The maximum absolute atomic E-state index is 10.7. The summed E-state index contributed by atoms with van der Waals surface area (Å²) >= 11 is 0. The highest BCUT2D eigenvalue weighted by Gasteiger charge is 2.25. The molecule has 0 saturated carbocycles. The molecule has 7 heteroatoms. The molecule has 1 heterocycles. The minimum absolute atomic E-state index is 0.420. The van der Waals surface area contributed by atoms with Crippen molar-refractivity contribution in [3.05, 3.63) is 29.8 Å². The van der Waals surface area contributed by atoms with Gasteiger partial charge in [0.2, 0.25) is 0 Å². The number of aliphatic hydroxyl groups is 1. The average Bonchev–Trinajstić information content (AvgIpc) is 2.66. The molecule has 152 valence electrons. The summed E-state index contributed by atoms with van der Waals surface area (Å²) in [6, 6.07) is 7.93. The van der Waals surface area contributed by atoms with Crippen LogP contribution in [0, 0.1) is 0 Å². The number of nitrogens with zero attached hydrogens (tertiary/aromatic N) is 2. The molecule has 0 aliphatic carbocycles. The Kier molecular flexibility index (Phi) is 8.84. The first-order chi connectivity index (χ1) is 13.0. The molecule has 0 bridgehead atoms. The van der Waals surface area contributed by atoms with Crippen LogP contribution in [0.5, 0.6) is 5.75 Å². The predicted molar refractivity (Wildman–Crippen MR) is 108 cm³/mol. The van der Waals surface area contributed by atoms with Crippen molar-refractivity contribution in [2.45, 2.75) is 32.9 Å². The molecule has 1 fully saturated rings. The number of hydrogen-bond acceptors (Lipinski definition) is 5. The van der Waals surface area contributed by atoms with Crippen molar-refractivity contribution in [1.82, 2.24) is 15.5 Å². The van der Waals surface area contributed by atoms with Crippen LogP contribution in [0.25, 0.3) is 0 Å². The zero-order valence-corrected chi connectivity index (χ0v) is 16.8. The summed E-state index contributed by atoms with van der Waals surface area (Å²) in [6.07, 6.45) is 0. The monoisotopic (exact) mass is 378 g/mol. The summed E-state index contributed by atoms with van der Waals surface area (Å²) in [5.74, 6) is 1.55. The minimum Gasteiger partial charge on any atom is -0.494 e. The van der Waals surface area contributed by atoms with Gasteiger partial charge in [0.1, 0.15) is 5.75 Å². The maximum Gasteiger partial charge on any atom is 0.191 e. The number of guanidine groups is 1. The van der Waals surface area contributed by atoms with Gasteiger partial charge in [0.25, 0.3) is 0 Å². The van der Waals surface area contributed by atoms with E-state index in [9.17, 15) is 5.11 Å². The summed E-state index contributed by atoms with van der Waals surface area (Å²) in [4.78, 5) is 6.88. The number of nitrogens with one attached hydrogen (secondary N) is 2. The molecular formula is C20H34N4O3. The number of benzene rings is 1. The predicted octanol–water partition coefficient (Wildman–Crippen LogP) is 1.22. The normalized spacial score (nSPS) is 18.0. The smallest absolute Gasteiger partial charge is 0.191 e. The molecule has 0 spiro atoms. The van der Waals surface area contributed by atoms with E-state index in [0.717, 1.165) is 44.2 Å². The molecule has 1 aliphatic rings. The van der Waals surface area contributed by atoms with Crippen LogP contribution in [0.2, 0.25) is 0 Å². The van der Waals surface area contributed by atoms with Crippen LogP contribution < -0.4 is 15.4 Å². The molecule has 0 aromatic heterocycles. The molecule has 2 rings (SSSR count). The Morgan fingerprint density at radius 2 is 2.00 bits per heavy atom. The van der Waals surface area contributed by atoms with Gasteiger partial charge in [-0.25, -0.2) is 4.99 Å². The van der Waals surface area contributed by atoms with Gasteiger partial charge in [0.15, 0.2) is 5.96 Å². The molecule has 1 unspecified atom stereocenters. The molecule has 7 nitrogen and oxygen atoms in total. The van der Waals surface area contributed by atoms with Crippen molar-refractivity contribution in [2.75, 3.05) is 52.5 Å². The molecular weight excluding hydrogens is 344 g/mol. The Balaban J connectivity index is 1.92. The lowest BCUT2D eigenvalue weighted by Gasteiger charge is -2.34. The molecule has 1 aromatic carbocycles. The zero-order valence-electron chi connectivity index (χ0n) is 16.8. The van der Waals surface area contributed by atoms with Crippen molar-refractivity contribution in [3.8, 4) is 5.75 Å². The van der Waals surface area contributed by atoms with E-state index in [4.69, 9.17) is 9.47 Å². The number of para-hydroxylation sites is 1. The summed E-state index contributed by atoms with van der Waals surface area (Å²) in [6.45, 7) is 11.9. The van der Waals surface area contributed by atoms with E-state index in [1.165, 1.54) is 0 Å². The topological polar surface area (TPSA) is 78.4 Å². The third-order valence-electron chi connectivity index (χ3n) is 4.33. The Morgan fingerprint density at radius 3 is 2.70 bits per heavy atom. The number of ether oxygens (including phenoxy) is 2. The van der Waals surface area contributed by atoms with Gasteiger partial charge in [-0.1, -0.05) is 18.2 Å². The Bertz CT molecular complexity index is 586. The van der Waals surface area contributed by atoms with Crippen LogP contribution in [0.3, 0.4) is 0 Å². The largest absolute Gasteiger partial charge is 0.494 e. The van der Waals surface area contributed by atoms with Gasteiger partial charge < -0.3 is 25.2 Å². The Hall–Kier alpha value is -1.83. The lowest BCUT2D eigenvalue weighted by Crippen LogP contribution is -2.52. The van der Waals surface area contributed by atoms with Crippen molar-refractivity contribution < 1.29 is 14.6 Å². The zero-order chi connectivity index (χ0) is 19.5. The lowest BCUT2D eigenvalue weighted by atomic mass is 10.1. The molecule has 1 aromatic rings. The third kappa shape index (κ3) is 7.74. The van der Waals surface area contributed by atoms with Crippen LogP contribution in [-0.4, -0.2) is 74.1 Å². The maximum atomic E-state index is 10.7. The molecule has 1 aliphatic heterocycles. The second-order valence-corrected chi connectivity index (χ2v) is 6.97. The number of rotatable bonds is 9. The van der Waals surface area contributed by atoms with E-state index in [1.807, 2.05) is 45.0 Å². The lowest BCUT2D eigenvalue weighted by molar-refractivity contribution is -0.0201. The molecule has 0 amide bonds. The van der Waals surface area contributed by atoms with E-state index in [-0.39, 0.29) is 0 Å². The standard InChI is InChI=1S/C20H34N4O3/c1-4-21-19(22-14-17-8-6-7-9-18(17)27-5-2)23-15-20(3,25)16-24-10-12-26-13-11-24/h6-9,25H,4-5,10-16H2,1-3H3,(H2,21,22,23). The summed E-state index contributed by atoms with van der Waals surface area (Å²) < 4.78 is 11.0. The Labute approximate surface area is 162 Å². The quantitative estimate of drug-likeness (QED) is 0.443. The summed E-state index contributed by atoms with van der Waals surface area (Å²) in [7, 11) is 0. The molecule has 27 heavy (non-hydrogen) atoms. The first-order valence-corrected chi connectivity index (χ1v) is 9.79. The van der Waals surface area contributed by atoms with Crippen molar-refractivity contribution >= 4 is 5.96 Å². The van der Waals surface area contributed by atoms with E-state index in [2.05, 4.69) is 20.5 Å². The molecule has 3 N–H and O–H groups in total. The number of aliphatic imine (C=N–C) groups is 1. The van der Waals surface area contributed by atoms with Gasteiger partial charge in [-0.15, -0.1) is 0 Å². The van der Waals surface area contributed by atoms with E-state index in [0.29, 0.717) is 32.2 Å². The van der Waals surface area contributed by atoms with Gasteiger partial charge in [-0.2, -0.15) is 0 Å². The minimum atomic E-state index is -0.850. The van der Waals surface area contributed by atoms with Crippen LogP contribution in [0.1, 0.15) is 26.3 Å². The molecule has 0 radical (unpaired) electrons. The summed E-state index contributed by atoms with van der Waals surface area (Å²) in [5.41, 5.74) is 0.188. The van der Waals surface area contributed by atoms with Gasteiger partial charge in [0.05, 0.1) is 32.0 Å². The fraction of sp³-hybridized carbons (Fsp3) is 0.650. The van der Waals surface area contributed by atoms with E-state index >= 15 is 0 Å². The first-order valence-electron chi connectivity index (χ1n) is 9.79. The van der Waals surface area contributed by atoms with Crippen molar-refractivity contribution in [3.63, 3.8) is 0 Å². The molecule has 1 atom stereocenters. The first kappa shape index (κ1) is 21.5. The SMILES string of the molecule is CCNC(=NCc1ccccc1OCC)NCC(C)(O)CN1CCOCC1. The summed E-state index contributed by atoms with van der Waals surface area (Å²) in [5, 5.41) is 17.2. The van der Waals surface area contributed by atoms with Crippen LogP contribution in [0.4, 0.5) is 0 Å². The van der Waals surface area contributed by atoms with Gasteiger partial charge in [-0.3, -0.25) is 4.90 Å². The third-order valence-corrected chi connectivity index (χ3v) is 4.33. The highest BCUT2D eigenvalue weighted by molar-refractivity contribution is 5.79. The second-order valence-electron chi connectivity index (χ2n) is 6.97. The van der Waals surface area contributed by atoms with Crippen LogP contribution >= 0.6 is 0 Å². The van der Waals surface area contributed by atoms with Crippen LogP contribution in [-0.2, 0) is 11.3 Å². The average molecular weight is 379 g/mol. The Morgan fingerprint density at radius 1 is 1.26 bits per heavy atom. The van der Waals surface area contributed by atoms with Gasteiger partial charge >= 0.3 is 0 Å². The highest BCUT2D eigenvalue weighted by atomic mass is 16.5. The van der Waals surface area contributed by atoms with Crippen LogP contribution in [0.15, 0.2) is 29.3 Å². The highest BCUT2D eigenvalue weighted by Crippen LogP contribution is 2.18. The van der Waals surface area contributed by atoms with E-state index in [1.54, 1.807) is 0 Å². The second kappa shape index (κ2) is 11.1. The molecule has 1 saturated heterocycles. The number of β-amino-alcohol motifs (C(OH)–C–C–N with tert-alkyl or cyclic N) is 1.